The van der Waals surface area contributed by atoms with E-state index in [1.807, 2.05) is 0 Å². The Labute approximate surface area is 70.9 Å². The van der Waals surface area contributed by atoms with E-state index < -0.39 is 18.0 Å². The number of hydrogen-bond donors (Lipinski definition) is 4. The second-order valence-corrected chi connectivity index (χ2v) is 2.33. The van der Waals surface area contributed by atoms with Crippen molar-refractivity contribution in [1.82, 2.24) is 5.32 Å². The zero-order valence-electron chi connectivity index (χ0n) is 6.73. The Hall–Kier alpha value is -0.910. The monoisotopic (exact) mass is 174 g/mol. The van der Waals surface area contributed by atoms with Crippen molar-refractivity contribution in [2.75, 3.05) is 13.2 Å². The first-order chi connectivity index (χ1) is 5.65. The fraction of sp³-hybridized carbons (Fsp3) is 0.571. The smallest absolute Gasteiger partial charge is 0.241 e. The van der Waals surface area contributed by atoms with Crippen LogP contribution in [0.5, 0.6) is 0 Å². The van der Waals surface area contributed by atoms with E-state index >= 15 is 0 Å². The minimum atomic E-state index is -0.800. The van der Waals surface area contributed by atoms with Crippen molar-refractivity contribution in [1.29, 1.82) is 0 Å². The molecule has 0 rings (SSSR count). The quantitative estimate of drug-likeness (QED) is 0.361. The molecule has 12 heavy (non-hydrogen) atoms. The van der Waals surface area contributed by atoms with Gasteiger partial charge in [-0.15, -0.1) is 6.58 Å². The van der Waals surface area contributed by atoms with Gasteiger partial charge >= 0.3 is 0 Å². The third kappa shape index (κ3) is 3.47. The molecule has 0 heterocycles. The maximum Gasteiger partial charge on any atom is 0.241 e. The lowest BCUT2D eigenvalue weighted by molar-refractivity contribution is -0.122. The molecule has 5 N–H and O–H groups in total. The predicted octanol–water partition coefficient (Wildman–Crippen LogP) is -2.03. The normalized spacial score (nSPS) is 12.7. The van der Waals surface area contributed by atoms with Crippen LogP contribution in [0.25, 0.3) is 0 Å². The molecule has 0 saturated carbocycles. The first kappa shape index (κ1) is 11.1. The van der Waals surface area contributed by atoms with Crippen LogP contribution in [0.3, 0.4) is 0 Å². The molecular weight excluding hydrogens is 160 g/mol. The Morgan fingerprint density at radius 3 is 2.42 bits per heavy atom. The lowest BCUT2D eigenvalue weighted by Crippen LogP contribution is -2.47. The number of nitrogens with one attached hydrogen (secondary N) is 1. The first-order valence-corrected chi connectivity index (χ1v) is 3.56. The summed E-state index contributed by atoms with van der Waals surface area (Å²) in [6.45, 7) is 2.70. The van der Waals surface area contributed by atoms with Crippen LogP contribution >= 0.6 is 0 Å². The summed E-state index contributed by atoms with van der Waals surface area (Å²) in [5.74, 6) is -0.460. The minimum absolute atomic E-state index is 0.313. The van der Waals surface area contributed by atoms with Crippen LogP contribution in [0.15, 0.2) is 12.7 Å². The van der Waals surface area contributed by atoms with Crippen molar-refractivity contribution in [2.24, 2.45) is 5.73 Å². The highest BCUT2D eigenvalue weighted by Crippen LogP contribution is 1.84. The molecule has 0 saturated heterocycles. The molecule has 0 aromatic carbocycles. The number of aliphatic hydroxyl groups is 2. The van der Waals surface area contributed by atoms with Gasteiger partial charge in [-0.3, -0.25) is 4.79 Å². The molecule has 0 unspecified atom stereocenters. The van der Waals surface area contributed by atoms with E-state index in [-0.39, 0.29) is 13.2 Å². The van der Waals surface area contributed by atoms with Gasteiger partial charge in [0.2, 0.25) is 5.91 Å². The van der Waals surface area contributed by atoms with Gasteiger partial charge in [0.1, 0.15) is 6.04 Å². The van der Waals surface area contributed by atoms with Gasteiger partial charge in [-0.1, -0.05) is 6.08 Å². The van der Waals surface area contributed by atoms with Crippen molar-refractivity contribution < 1.29 is 15.0 Å². The average Bonchev–Trinajstić information content (AvgIpc) is 2.12. The topological polar surface area (TPSA) is 95.6 Å². The van der Waals surface area contributed by atoms with E-state index in [0.717, 1.165) is 0 Å². The number of aliphatic hydroxyl groups excluding tert-OH is 2. The van der Waals surface area contributed by atoms with Crippen LogP contribution in [-0.2, 0) is 4.79 Å². The maximum absolute atomic E-state index is 11.0. The van der Waals surface area contributed by atoms with Crippen molar-refractivity contribution in [3.63, 3.8) is 0 Å². The summed E-state index contributed by atoms with van der Waals surface area (Å²) in [6.07, 6.45) is 1.28. The molecule has 5 heteroatoms. The van der Waals surface area contributed by atoms with Crippen molar-refractivity contribution in [3.05, 3.63) is 12.7 Å². The summed E-state index contributed by atoms with van der Waals surface area (Å²) in [4.78, 5) is 11.0. The zero-order chi connectivity index (χ0) is 9.56. The van der Waals surface area contributed by atoms with Crippen LogP contribution in [0, 0.1) is 0 Å². The Morgan fingerprint density at radius 1 is 1.58 bits per heavy atom. The van der Waals surface area contributed by atoms with Crippen molar-refractivity contribution in [3.8, 4) is 0 Å². The average molecular weight is 174 g/mol. The van der Waals surface area contributed by atoms with Crippen LogP contribution in [0.4, 0.5) is 0 Å². The molecule has 0 spiro atoms. The second kappa shape index (κ2) is 5.70. The van der Waals surface area contributed by atoms with Gasteiger partial charge in [-0.25, -0.2) is 0 Å². The number of rotatable bonds is 5. The third-order valence-electron chi connectivity index (χ3n) is 1.34. The molecular formula is C7H14N2O3. The summed E-state index contributed by atoms with van der Waals surface area (Å²) < 4.78 is 0. The summed E-state index contributed by atoms with van der Waals surface area (Å²) in [5, 5.41) is 19.5. The van der Waals surface area contributed by atoms with Crippen molar-refractivity contribution >= 4 is 5.91 Å². The molecule has 0 radical (unpaired) electrons. The summed E-state index contributed by atoms with van der Waals surface area (Å²) in [5.41, 5.74) is 5.28. The molecule has 5 nitrogen and oxygen atoms in total. The van der Waals surface area contributed by atoms with E-state index in [2.05, 4.69) is 11.9 Å². The first-order valence-electron chi connectivity index (χ1n) is 3.56. The standard InChI is InChI=1S/C7H14N2O3/c1-2-6(8)7(12)9-5(3-10)4-11/h2,5-6,10-11H,1,3-4,8H2,(H,9,12)/t6-/m0/s1. The van der Waals surface area contributed by atoms with Crippen LogP contribution in [-0.4, -0.2) is 41.4 Å². The van der Waals surface area contributed by atoms with Gasteiger partial charge in [0, 0.05) is 0 Å². The predicted molar refractivity (Wildman–Crippen MR) is 44.3 cm³/mol. The molecule has 0 aromatic heterocycles. The molecule has 0 aliphatic heterocycles. The number of carbonyl (C=O) groups excluding carboxylic acids is 1. The molecule has 70 valence electrons. The van der Waals surface area contributed by atoms with E-state index in [4.69, 9.17) is 15.9 Å². The Balaban J connectivity index is 3.89. The Morgan fingerprint density at radius 2 is 2.08 bits per heavy atom. The lowest BCUT2D eigenvalue weighted by Gasteiger charge is -2.14. The minimum Gasteiger partial charge on any atom is -0.394 e. The third-order valence-corrected chi connectivity index (χ3v) is 1.34. The van der Waals surface area contributed by atoms with Gasteiger partial charge in [-0.05, 0) is 0 Å². The fourth-order valence-electron chi connectivity index (χ4n) is 0.553. The van der Waals surface area contributed by atoms with E-state index in [0.29, 0.717) is 0 Å². The van der Waals surface area contributed by atoms with Crippen LogP contribution in [0.1, 0.15) is 0 Å². The summed E-state index contributed by atoms with van der Waals surface area (Å²) in [7, 11) is 0. The second-order valence-electron chi connectivity index (χ2n) is 2.33. The Kier molecular flexibility index (Phi) is 5.27. The van der Waals surface area contributed by atoms with Gasteiger partial charge in [0.25, 0.3) is 0 Å². The van der Waals surface area contributed by atoms with E-state index in [1.165, 1.54) is 6.08 Å². The highest BCUT2D eigenvalue weighted by atomic mass is 16.3. The van der Waals surface area contributed by atoms with Gasteiger partial charge in [0.15, 0.2) is 0 Å². The number of hydrogen-bond acceptors (Lipinski definition) is 4. The summed E-state index contributed by atoms with van der Waals surface area (Å²) >= 11 is 0. The molecule has 0 fully saturated rings. The van der Waals surface area contributed by atoms with Crippen molar-refractivity contribution in [2.45, 2.75) is 12.1 Å². The Bertz CT molecular complexity index is 157. The molecule has 0 bridgehead atoms. The van der Waals surface area contributed by atoms with E-state index in [9.17, 15) is 4.79 Å². The van der Waals surface area contributed by atoms with E-state index in [1.54, 1.807) is 0 Å². The van der Waals surface area contributed by atoms with Gasteiger partial charge in [0.05, 0.1) is 19.3 Å². The lowest BCUT2D eigenvalue weighted by atomic mass is 10.2. The van der Waals surface area contributed by atoms with Crippen LogP contribution in [0.2, 0.25) is 0 Å². The molecule has 1 amide bonds. The maximum atomic E-state index is 11.0. The molecule has 0 aliphatic rings. The molecule has 0 aliphatic carbocycles. The van der Waals surface area contributed by atoms with Crippen LogP contribution < -0.4 is 11.1 Å². The highest BCUT2D eigenvalue weighted by Gasteiger charge is 2.13. The number of carbonyl (C=O) groups is 1. The molecule has 1 atom stereocenters. The number of nitrogens with two attached hydrogens (primary N) is 1. The summed E-state index contributed by atoms with van der Waals surface area (Å²) in [6, 6.07) is -1.45. The zero-order valence-corrected chi connectivity index (χ0v) is 6.73. The largest absolute Gasteiger partial charge is 0.394 e. The van der Waals surface area contributed by atoms with Gasteiger partial charge < -0.3 is 21.3 Å². The highest BCUT2D eigenvalue weighted by molar-refractivity contribution is 5.83. The number of amides is 1. The SMILES string of the molecule is C=C[C@H](N)C(=O)NC(CO)CO. The molecule has 0 aromatic rings. The van der Waals surface area contributed by atoms with Gasteiger partial charge in [-0.2, -0.15) is 0 Å². The fourth-order valence-corrected chi connectivity index (χ4v) is 0.553.